The summed E-state index contributed by atoms with van der Waals surface area (Å²) in [5, 5.41) is 23.6. The van der Waals surface area contributed by atoms with Crippen LogP contribution in [0.5, 0.6) is 0 Å². The number of nitrogens with one attached hydrogen (secondary N) is 1. The van der Waals surface area contributed by atoms with Gasteiger partial charge < -0.3 is 20.3 Å². The van der Waals surface area contributed by atoms with Crippen LogP contribution in [0.1, 0.15) is 245 Å². The minimum Gasteiger partial charge on any atom is -0.462 e. The first kappa shape index (κ1) is 55.8. The van der Waals surface area contributed by atoms with Crippen molar-refractivity contribution in [2.45, 2.75) is 264 Å². The molecule has 3 unspecified atom stereocenters. The summed E-state index contributed by atoms with van der Waals surface area (Å²) in [5.41, 5.74) is 0. The second-order valence-corrected chi connectivity index (χ2v) is 17.0. The maximum atomic E-state index is 13.2. The predicted octanol–water partition coefficient (Wildman–Crippen LogP) is 14.7. The van der Waals surface area contributed by atoms with Crippen LogP contribution in [0.4, 0.5) is 0 Å². The Hall–Kier alpha value is -2.18. The fourth-order valence-electron chi connectivity index (χ4n) is 7.44. The topological polar surface area (TPSA) is 95.9 Å². The third-order valence-electron chi connectivity index (χ3n) is 11.3. The molecule has 338 valence electrons. The summed E-state index contributed by atoms with van der Waals surface area (Å²) in [7, 11) is 0. The molecule has 58 heavy (non-hydrogen) atoms. The van der Waals surface area contributed by atoms with Gasteiger partial charge in [-0.05, 0) is 51.4 Å². The van der Waals surface area contributed by atoms with E-state index in [1.54, 1.807) is 0 Å². The first-order valence-corrected chi connectivity index (χ1v) is 24.9. The first-order valence-electron chi connectivity index (χ1n) is 24.9. The average molecular weight is 814 g/mol. The van der Waals surface area contributed by atoms with E-state index in [0.29, 0.717) is 19.3 Å². The van der Waals surface area contributed by atoms with Crippen LogP contribution in [0.3, 0.4) is 0 Å². The number of hydrogen-bond donors (Lipinski definition) is 3. The van der Waals surface area contributed by atoms with E-state index in [4.69, 9.17) is 4.74 Å². The van der Waals surface area contributed by atoms with Crippen molar-refractivity contribution in [3.63, 3.8) is 0 Å². The number of unbranched alkanes of at least 4 members (excludes halogenated alkanes) is 27. The lowest BCUT2D eigenvalue weighted by molar-refractivity contribution is -0.151. The van der Waals surface area contributed by atoms with E-state index in [0.717, 1.165) is 70.6 Å². The van der Waals surface area contributed by atoms with E-state index in [2.05, 4.69) is 68.6 Å². The van der Waals surface area contributed by atoms with Gasteiger partial charge in [-0.3, -0.25) is 9.59 Å². The molecule has 3 atom stereocenters. The van der Waals surface area contributed by atoms with Gasteiger partial charge in [-0.1, -0.05) is 230 Å². The molecule has 0 aromatic heterocycles. The van der Waals surface area contributed by atoms with Crippen LogP contribution in [0.25, 0.3) is 0 Å². The number of esters is 1. The van der Waals surface area contributed by atoms with E-state index >= 15 is 0 Å². The lowest BCUT2D eigenvalue weighted by Gasteiger charge is -2.24. The molecule has 0 aliphatic rings. The summed E-state index contributed by atoms with van der Waals surface area (Å²) in [4.78, 5) is 26.1. The van der Waals surface area contributed by atoms with Crippen molar-refractivity contribution >= 4 is 11.9 Å². The minimum absolute atomic E-state index is 0.0534. The van der Waals surface area contributed by atoms with E-state index in [-0.39, 0.29) is 24.9 Å². The van der Waals surface area contributed by atoms with Gasteiger partial charge in [0.1, 0.15) is 6.10 Å². The van der Waals surface area contributed by atoms with Gasteiger partial charge in [0.05, 0.1) is 25.2 Å². The van der Waals surface area contributed by atoms with Crippen molar-refractivity contribution in [3.8, 4) is 0 Å². The molecule has 0 aromatic carbocycles. The summed E-state index contributed by atoms with van der Waals surface area (Å²) in [6, 6.07) is -0.711. The van der Waals surface area contributed by atoms with Gasteiger partial charge in [-0.2, -0.15) is 0 Å². The summed E-state index contributed by atoms with van der Waals surface area (Å²) in [6.45, 7) is 6.42. The monoisotopic (exact) mass is 814 g/mol. The molecular weight excluding hydrogens is 719 g/mol. The number of aliphatic hydroxyl groups is 2. The number of amides is 1. The van der Waals surface area contributed by atoms with Gasteiger partial charge >= 0.3 is 5.97 Å². The van der Waals surface area contributed by atoms with E-state index in [1.165, 1.54) is 128 Å². The average Bonchev–Trinajstić information content (AvgIpc) is 3.22. The van der Waals surface area contributed by atoms with E-state index in [9.17, 15) is 19.8 Å². The molecule has 0 rings (SSSR count). The number of allylic oxidation sites excluding steroid dienone is 8. The molecule has 3 N–H and O–H groups in total. The van der Waals surface area contributed by atoms with Crippen LogP contribution in [0.15, 0.2) is 48.6 Å². The molecular formula is C52H95NO5. The summed E-state index contributed by atoms with van der Waals surface area (Å²) in [5.74, 6) is -0.508. The van der Waals surface area contributed by atoms with Crippen molar-refractivity contribution in [1.29, 1.82) is 0 Å². The van der Waals surface area contributed by atoms with Crippen molar-refractivity contribution in [2.24, 2.45) is 0 Å². The lowest BCUT2D eigenvalue weighted by atomic mass is 10.0. The number of ether oxygens (including phenoxy) is 1. The van der Waals surface area contributed by atoms with Crippen LogP contribution in [0.2, 0.25) is 0 Å². The Morgan fingerprint density at radius 3 is 1.36 bits per heavy atom. The third-order valence-corrected chi connectivity index (χ3v) is 11.3. The zero-order chi connectivity index (χ0) is 42.4. The van der Waals surface area contributed by atoms with Crippen LogP contribution in [-0.4, -0.2) is 46.9 Å². The highest BCUT2D eigenvalue weighted by atomic mass is 16.5. The molecule has 0 saturated heterocycles. The second-order valence-electron chi connectivity index (χ2n) is 17.0. The molecule has 0 spiro atoms. The SMILES string of the molecule is CCCCC/C=C/C=C/C=C/C=C/CCCCCC(CC(=O)NC(CO)C(O)CCCCCCCCCCC)OC(=O)CCCCCCCCCCCCCCCC. The Morgan fingerprint density at radius 1 is 0.500 bits per heavy atom. The summed E-state index contributed by atoms with van der Waals surface area (Å²) in [6.07, 6.45) is 54.5. The Balaban J connectivity index is 4.67. The number of aliphatic hydroxyl groups excluding tert-OH is 2. The fraction of sp³-hybridized carbons (Fsp3) is 0.808. The molecule has 0 heterocycles. The van der Waals surface area contributed by atoms with Crippen molar-refractivity contribution in [2.75, 3.05) is 6.61 Å². The normalized spacial score (nSPS) is 13.7. The number of hydrogen-bond acceptors (Lipinski definition) is 5. The van der Waals surface area contributed by atoms with Gasteiger partial charge in [0.2, 0.25) is 5.91 Å². The lowest BCUT2D eigenvalue weighted by Crippen LogP contribution is -2.46. The fourth-order valence-corrected chi connectivity index (χ4v) is 7.44. The predicted molar refractivity (Wildman–Crippen MR) is 250 cm³/mol. The number of carbonyl (C=O) groups is 2. The van der Waals surface area contributed by atoms with Gasteiger partial charge in [0.15, 0.2) is 0 Å². The smallest absolute Gasteiger partial charge is 0.306 e. The molecule has 0 aliphatic carbocycles. The van der Waals surface area contributed by atoms with E-state index in [1.807, 2.05) is 6.08 Å². The van der Waals surface area contributed by atoms with Gasteiger partial charge in [0, 0.05) is 6.42 Å². The number of carbonyl (C=O) groups excluding carboxylic acids is 2. The molecule has 6 nitrogen and oxygen atoms in total. The zero-order valence-electron chi connectivity index (χ0n) is 38.4. The highest BCUT2D eigenvalue weighted by Crippen LogP contribution is 2.17. The largest absolute Gasteiger partial charge is 0.462 e. The molecule has 0 aliphatic heterocycles. The Morgan fingerprint density at radius 2 is 0.879 bits per heavy atom. The number of rotatable bonds is 44. The molecule has 0 saturated carbocycles. The quantitative estimate of drug-likeness (QED) is 0.0323. The van der Waals surface area contributed by atoms with Crippen LogP contribution in [-0.2, 0) is 14.3 Å². The second kappa shape index (κ2) is 45.9. The van der Waals surface area contributed by atoms with Crippen LogP contribution in [0, 0.1) is 0 Å². The summed E-state index contributed by atoms with van der Waals surface area (Å²) < 4.78 is 5.91. The Bertz CT molecular complexity index is 1000. The molecule has 0 fully saturated rings. The summed E-state index contributed by atoms with van der Waals surface area (Å²) >= 11 is 0. The van der Waals surface area contributed by atoms with Crippen molar-refractivity contribution in [1.82, 2.24) is 5.32 Å². The van der Waals surface area contributed by atoms with Gasteiger partial charge in [0.25, 0.3) is 0 Å². The van der Waals surface area contributed by atoms with Crippen LogP contribution >= 0.6 is 0 Å². The minimum atomic E-state index is -0.795. The Labute approximate surface area is 359 Å². The third kappa shape index (κ3) is 40.6. The maximum absolute atomic E-state index is 13.2. The molecule has 0 radical (unpaired) electrons. The van der Waals surface area contributed by atoms with Crippen molar-refractivity contribution < 1.29 is 24.5 Å². The first-order chi connectivity index (χ1) is 28.5. The molecule has 6 heteroatoms. The highest BCUT2D eigenvalue weighted by Gasteiger charge is 2.24. The molecule has 0 aromatic rings. The highest BCUT2D eigenvalue weighted by molar-refractivity contribution is 5.77. The molecule has 0 bridgehead atoms. The van der Waals surface area contributed by atoms with E-state index < -0.39 is 18.2 Å². The Kier molecular flexibility index (Phi) is 44.2. The van der Waals surface area contributed by atoms with Gasteiger partial charge in [-0.25, -0.2) is 0 Å². The van der Waals surface area contributed by atoms with Gasteiger partial charge in [-0.15, -0.1) is 0 Å². The standard InChI is InChI=1S/C52H95NO5/c1-4-7-10-13-16-19-21-23-25-26-27-29-32-34-37-40-43-48(58-52(57)45-42-39-36-33-30-28-24-22-20-17-14-11-8-5-2)46-51(56)53-49(47-54)50(55)44-41-38-35-31-18-15-12-9-6-3/h16,19,21,23,25-27,29,48-50,54-55H,4-15,17-18,20,22,24,28,30-47H2,1-3H3,(H,53,56)/b19-16+,23-21+,26-25+,29-27+. The zero-order valence-corrected chi connectivity index (χ0v) is 38.4. The maximum Gasteiger partial charge on any atom is 0.306 e. The molecule has 1 amide bonds. The van der Waals surface area contributed by atoms with Crippen LogP contribution < -0.4 is 5.32 Å². The van der Waals surface area contributed by atoms with Crippen molar-refractivity contribution in [3.05, 3.63) is 48.6 Å².